The average Bonchev–Trinajstić information content (AvgIpc) is 2.91. The predicted molar refractivity (Wildman–Crippen MR) is 123 cm³/mol. The van der Waals surface area contributed by atoms with E-state index in [1.165, 1.54) is 11.8 Å². The van der Waals surface area contributed by atoms with Crippen molar-refractivity contribution in [1.82, 2.24) is 19.1 Å². The van der Waals surface area contributed by atoms with Crippen LogP contribution in [-0.4, -0.2) is 52.2 Å². The molecule has 1 N–H and O–H groups in total. The number of sulfonamides is 1. The lowest BCUT2D eigenvalue weighted by Crippen LogP contribution is -2.32. The molecule has 0 saturated carbocycles. The Morgan fingerprint density at radius 1 is 1.16 bits per heavy atom. The summed E-state index contributed by atoms with van der Waals surface area (Å²) in [4.78, 5) is 12.7. The minimum atomic E-state index is -3.59. The smallest absolute Gasteiger partial charge is 0.243 e. The van der Waals surface area contributed by atoms with Crippen molar-refractivity contribution >= 4 is 33.4 Å². The second-order valence-corrected chi connectivity index (χ2v) is 11.0. The van der Waals surface area contributed by atoms with E-state index < -0.39 is 10.0 Å². The van der Waals surface area contributed by atoms with Crippen LogP contribution in [0, 0.1) is 6.92 Å². The first-order valence-corrected chi connectivity index (χ1v) is 13.1. The van der Waals surface area contributed by atoms with Gasteiger partial charge in [-0.3, -0.25) is 4.79 Å². The number of carbonyl (C=O) groups is 1. The van der Waals surface area contributed by atoms with Crippen LogP contribution < -0.4 is 5.32 Å². The molecule has 3 rings (SSSR count). The van der Waals surface area contributed by atoms with E-state index in [1.54, 1.807) is 29.4 Å². The highest BCUT2D eigenvalue weighted by Crippen LogP contribution is 2.26. The van der Waals surface area contributed by atoms with E-state index in [2.05, 4.69) is 15.5 Å². The van der Waals surface area contributed by atoms with Crippen molar-refractivity contribution in [2.75, 3.05) is 24.2 Å². The lowest BCUT2D eigenvalue weighted by molar-refractivity contribution is -0.113. The maximum absolute atomic E-state index is 13.2. The Morgan fingerprint density at radius 2 is 1.84 bits per heavy atom. The quantitative estimate of drug-likeness (QED) is 0.628. The van der Waals surface area contributed by atoms with Gasteiger partial charge in [0.2, 0.25) is 15.9 Å². The number of anilines is 1. The Bertz CT molecular complexity index is 1030. The van der Waals surface area contributed by atoms with E-state index in [9.17, 15) is 13.2 Å². The number of aromatic nitrogens is 3. The van der Waals surface area contributed by atoms with Gasteiger partial charge in [0.1, 0.15) is 5.82 Å². The third-order valence-corrected chi connectivity index (χ3v) is 8.43. The standard InChI is InChI=1S/C21H31N5O3S2/c1-15(2)20-23-24-21(25(20)4)30-14-19(27)22-17-10-9-16(3)18(13-17)31(28,29)26-11-7-5-6-8-12-26/h9-10,13,15H,5-8,11-12,14H2,1-4H3,(H,22,27). The summed E-state index contributed by atoms with van der Waals surface area (Å²) in [5, 5.41) is 11.8. The Balaban J connectivity index is 1.69. The molecule has 0 bridgehead atoms. The van der Waals surface area contributed by atoms with Gasteiger partial charge in [-0.05, 0) is 37.5 Å². The van der Waals surface area contributed by atoms with Crippen LogP contribution in [0.2, 0.25) is 0 Å². The van der Waals surface area contributed by atoms with E-state index >= 15 is 0 Å². The highest BCUT2D eigenvalue weighted by molar-refractivity contribution is 7.99. The molecule has 8 nitrogen and oxygen atoms in total. The maximum atomic E-state index is 13.2. The van der Waals surface area contributed by atoms with E-state index in [-0.39, 0.29) is 22.5 Å². The minimum Gasteiger partial charge on any atom is -0.325 e. The van der Waals surface area contributed by atoms with Gasteiger partial charge in [-0.1, -0.05) is 44.5 Å². The van der Waals surface area contributed by atoms with Gasteiger partial charge < -0.3 is 9.88 Å². The van der Waals surface area contributed by atoms with Gasteiger partial charge >= 0.3 is 0 Å². The molecule has 2 aromatic rings. The molecule has 1 fully saturated rings. The number of nitrogens with one attached hydrogen (secondary N) is 1. The minimum absolute atomic E-state index is 0.159. The molecule has 1 aromatic carbocycles. The average molecular weight is 466 g/mol. The molecule has 1 aliphatic rings. The van der Waals surface area contributed by atoms with Crippen LogP contribution in [0.25, 0.3) is 0 Å². The summed E-state index contributed by atoms with van der Waals surface area (Å²) in [6.45, 7) is 6.96. The first kappa shape index (κ1) is 23.7. The van der Waals surface area contributed by atoms with Gasteiger partial charge in [0.05, 0.1) is 10.6 Å². The number of thioether (sulfide) groups is 1. The summed E-state index contributed by atoms with van der Waals surface area (Å²) in [7, 11) is -1.70. The number of aryl methyl sites for hydroxylation is 1. The summed E-state index contributed by atoms with van der Waals surface area (Å²) in [6, 6.07) is 5.04. The topological polar surface area (TPSA) is 97.2 Å². The summed E-state index contributed by atoms with van der Waals surface area (Å²) < 4.78 is 29.9. The number of carbonyl (C=O) groups excluding carboxylic acids is 1. The summed E-state index contributed by atoms with van der Waals surface area (Å²) in [5.74, 6) is 1.05. The molecule has 1 saturated heterocycles. The van der Waals surface area contributed by atoms with Crippen molar-refractivity contribution in [3.8, 4) is 0 Å². The number of benzene rings is 1. The van der Waals surface area contributed by atoms with Crippen molar-refractivity contribution in [2.24, 2.45) is 7.05 Å². The lowest BCUT2D eigenvalue weighted by atomic mass is 10.2. The van der Waals surface area contributed by atoms with Crippen LogP contribution in [0.4, 0.5) is 5.69 Å². The fourth-order valence-corrected chi connectivity index (χ4v) is 6.14. The number of rotatable bonds is 7. The molecule has 0 aliphatic carbocycles. The SMILES string of the molecule is Cc1ccc(NC(=O)CSc2nnc(C(C)C)n2C)cc1S(=O)(=O)N1CCCCCC1. The molecule has 0 atom stereocenters. The molecule has 0 unspecified atom stereocenters. The van der Waals surface area contributed by atoms with Crippen LogP contribution >= 0.6 is 11.8 Å². The van der Waals surface area contributed by atoms with Crippen LogP contribution in [-0.2, 0) is 21.9 Å². The first-order chi connectivity index (χ1) is 14.7. The van der Waals surface area contributed by atoms with Gasteiger partial charge in [0.15, 0.2) is 5.16 Å². The fraction of sp³-hybridized carbons (Fsp3) is 0.571. The number of hydrogen-bond donors (Lipinski definition) is 1. The van der Waals surface area contributed by atoms with E-state index in [0.29, 0.717) is 29.5 Å². The molecule has 170 valence electrons. The second-order valence-electron chi connectivity index (χ2n) is 8.19. The molecule has 1 amide bonds. The first-order valence-electron chi connectivity index (χ1n) is 10.6. The normalized spacial score (nSPS) is 15.8. The summed E-state index contributed by atoms with van der Waals surface area (Å²) >= 11 is 1.30. The second kappa shape index (κ2) is 10.1. The monoisotopic (exact) mass is 465 g/mol. The molecule has 2 heterocycles. The summed E-state index contributed by atoms with van der Waals surface area (Å²) in [6.07, 6.45) is 3.88. The largest absolute Gasteiger partial charge is 0.325 e. The Hall–Kier alpha value is -1.91. The Labute approximate surface area is 188 Å². The molecule has 10 heteroatoms. The Kier molecular flexibility index (Phi) is 7.77. The van der Waals surface area contributed by atoms with Crippen molar-refractivity contribution in [3.63, 3.8) is 0 Å². The van der Waals surface area contributed by atoms with Crippen molar-refractivity contribution in [1.29, 1.82) is 0 Å². The Morgan fingerprint density at radius 3 is 2.45 bits per heavy atom. The summed E-state index contributed by atoms with van der Waals surface area (Å²) in [5.41, 5.74) is 1.15. The zero-order valence-electron chi connectivity index (χ0n) is 18.6. The van der Waals surface area contributed by atoms with Crippen LogP contribution in [0.3, 0.4) is 0 Å². The van der Waals surface area contributed by atoms with Crippen LogP contribution in [0.1, 0.15) is 56.8 Å². The van der Waals surface area contributed by atoms with Crippen LogP contribution in [0.5, 0.6) is 0 Å². The number of hydrogen-bond acceptors (Lipinski definition) is 6. The van der Waals surface area contributed by atoms with E-state index in [1.807, 2.05) is 25.5 Å². The zero-order valence-corrected chi connectivity index (χ0v) is 20.2. The molecule has 31 heavy (non-hydrogen) atoms. The molecular formula is C21H31N5O3S2. The zero-order chi connectivity index (χ0) is 22.6. The highest BCUT2D eigenvalue weighted by atomic mass is 32.2. The maximum Gasteiger partial charge on any atom is 0.243 e. The lowest BCUT2D eigenvalue weighted by Gasteiger charge is -2.21. The highest BCUT2D eigenvalue weighted by Gasteiger charge is 2.27. The molecule has 1 aliphatic heterocycles. The predicted octanol–water partition coefficient (Wildman–Crippen LogP) is 3.54. The third-order valence-electron chi connectivity index (χ3n) is 5.37. The van der Waals surface area contributed by atoms with Crippen LogP contribution in [0.15, 0.2) is 28.3 Å². The van der Waals surface area contributed by atoms with Crippen molar-refractivity contribution < 1.29 is 13.2 Å². The van der Waals surface area contributed by atoms with Gasteiger partial charge in [-0.2, -0.15) is 4.31 Å². The van der Waals surface area contributed by atoms with Gasteiger partial charge in [0, 0.05) is 31.7 Å². The van der Waals surface area contributed by atoms with E-state index in [0.717, 1.165) is 31.5 Å². The molecule has 0 radical (unpaired) electrons. The van der Waals surface area contributed by atoms with E-state index in [4.69, 9.17) is 0 Å². The van der Waals surface area contributed by atoms with Gasteiger partial charge in [-0.15, -0.1) is 10.2 Å². The van der Waals surface area contributed by atoms with Crippen molar-refractivity contribution in [2.45, 2.75) is 62.4 Å². The molecule has 1 aromatic heterocycles. The number of amides is 1. The van der Waals surface area contributed by atoms with Crippen molar-refractivity contribution in [3.05, 3.63) is 29.6 Å². The fourth-order valence-electron chi connectivity index (χ4n) is 3.66. The number of nitrogens with zero attached hydrogens (tertiary/aromatic N) is 4. The van der Waals surface area contributed by atoms with Gasteiger partial charge in [-0.25, -0.2) is 8.42 Å². The van der Waals surface area contributed by atoms with Gasteiger partial charge in [0.25, 0.3) is 0 Å². The third kappa shape index (κ3) is 5.67. The molecule has 0 spiro atoms. The molecular weight excluding hydrogens is 434 g/mol.